The molecule has 0 radical (unpaired) electrons. The van der Waals surface area contributed by atoms with E-state index in [0.29, 0.717) is 29.8 Å². The second kappa shape index (κ2) is 6.08. The van der Waals surface area contributed by atoms with Crippen molar-refractivity contribution < 1.29 is 0 Å². The molecule has 0 fully saturated rings. The van der Waals surface area contributed by atoms with E-state index in [1.807, 2.05) is 0 Å². The Balaban J connectivity index is 2.74. The Kier molecular flexibility index (Phi) is 4.77. The van der Waals surface area contributed by atoms with Crippen LogP contribution in [0.5, 0.6) is 0 Å². The minimum atomic E-state index is 0.449. The zero-order chi connectivity index (χ0) is 15.9. The third-order valence-corrected chi connectivity index (χ3v) is 5.50. The molecule has 2 heteroatoms. The van der Waals surface area contributed by atoms with Crippen molar-refractivity contribution in [1.82, 2.24) is 9.88 Å². The number of pyridine rings is 1. The molecule has 1 aliphatic rings. The summed E-state index contributed by atoms with van der Waals surface area (Å²) in [6.07, 6.45) is 3.38. The lowest BCUT2D eigenvalue weighted by molar-refractivity contribution is 0.186. The van der Waals surface area contributed by atoms with E-state index in [1.54, 1.807) is 5.56 Å². The van der Waals surface area contributed by atoms with Gasteiger partial charge in [-0.25, -0.2) is 0 Å². The van der Waals surface area contributed by atoms with Crippen LogP contribution < -0.4 is 0 Å². The maximum absolute atomic E-state index is 4.73. The van der Waals surface area contributed by atoms with Crippen LogP contribution >= 0.6 is 0 Å². The summed E-state index contributed by atoms with van der Waals surface area (Å²) < 4.78 is 0. The second-order valence-electron chi connectivity index (χ2n) is 7.56. The molecule has 0 aromatic carbocycles. The lowest BCUT2D eigenvalue weighted by atomic mass is 9.77. The van der Waals surface area contributed by atoms with Gasteiger partial charge in [-0.2, -0.15) is 0 Å². The fourth-order valence-corrected chi connectivity index (χ4v) is 3.90. The van der Waals surface area contributed by atoms with E-state index >= 15 is 0 Å². The molecule has 118 valence electrons. The summed E-state index contributed by atoms with van der Waals surface area (Å²) in [6, 6.07) is 1.06. The average molecular weight is 288 g/mol. The predicted octanol–water partition coefficient (Wildman–Crippen LogP) is 5.04. The first-order valence-corrected chi connectivity index (χ1v) is 8.46. The molecular formula is C19H32N2. The quantitative estimate of drug-likeness (QED) is 0.758. The largest absolute Gasteiger partial charge is 0.297 e. The summed E-state index contributed by atoms with van der Waals surface area (Å²) in [7, 11) is 2.27. The Bertz CT molecular complexity index is 505. The number of aromatic nitrogens is 1. The lowest BCUT2D eigenvalue weighted by Gasteiger charge is -2.29. The zero-order valence-corrected chi connectivity index (χ0v) is 15.1. The number of nitrogens with zero attached hydrogens (tertiary/aromatic N) is 2. The highest BCUT2D eigenvalue weighted by atomic mass is 15.2. The van der Waals surface area contributed by atoms with Crippen LogP contribution in [-0.2, 0) is 0 Å². The van der Waals surface area contributed by atoms with Crippen LogP contribution in [-0.4, -0.2) is 23.0 Å². The molecular weight excluding hydrogens is 256 g/mol. The molecule has 0 N–H and O–H groups in total. The van der Waals surface area contributed by atoms with Crippen molar-refractivity contribution in [3.05, 3.63) is 28.6 Å². The molecule has 1 unspecified atom stereocenters. The van der Waals surface area contributed by atoms with Gasteiger partial charge < -0.3 is 0 Å². The normalized spacial score (nSPS) is 27.0. The van der Waals surface area contributed by atoms with E-state index < -0.39 is 0 Å². The van der Waals surface area contributed by atoms with Gasteiger partial charge in [0.15, 0.2) is 0 Å². The zero-order valence-electron chi connectivity index (χ0n) is 15.1. The molecule has 1 aromatic rings. The first kappa shape index (κ1) is 16.5. The van der Waals surface area contributed by atoms with Crippen molar-refractivity contribution in [2.45, 2.75) is 78.8 Å². The third kappa shape index (κ3) is 2.88. The minimum absolute atomic E-state index is 0.449. The van der Waals surface area contributed by atoms with E-state index in [1.165, 1.54) is 23.2 Å². The summed E-state index contributed by atoms with van der Waals surface area (Å²) in [4.78, 5) is 7.26. The van der Waals surface area contributed by atoms with Crippen LogP contribution in [0.15, 0.2) is 6.20 Å². The van der Waals surface area contributed by atoms with Crippen LogP contribution in [0.3, 0.4) is 0 Å². The average Bonchev–Trinajstić information content (AvgIpc) is 2.50. The Morgan fingerprint density at radius 1 is 1.14 bits per heavy atom. The van der Waals surface area contributed by atoms with E-state index in [-0.39, 0.29) is 0 Å². The summed E-state index contributed by atoms with van der Waals surface area (Å²) in [6.45, 7) is 16.2. The van der Waals surface area contributed by atoms with Crippen molar-refractivity contribution >= 4 is 0 Å². The molecule has 2 heterocycles. The summed E-state index contributed by atoms with van der Waals surface area (Å²) in [5.41, 5.74) is 5.78. The van der Waals surface area contributed by atoms with Gasteiger partial charge in [-0.05, 0) is 68.7 Å². The van der Waals surface area contributed by atoms with Crippen LogP contribution in [0.2, 0.25) is 0 Å². The van der Waals surface area contributed by atoms with Crippen molar-refractivity contribution in [3.8, 4) is 0 Å². The number of aryl methyl sites for hydroxylation is 1. The SMILES string of the molecule is Cc1ncc(C(C)C)c2c1[C@@H](C)N(C)[C@@H](C)CC2C(C)C. The van der Waals surface area contributed by atoms with Crippen LogP contribution in [0.1, 0.15) is 88.2 Å². The maximum atomic E-state index is 4.73. The van der Waals surface area contributed by atoms with E-state index in [0.717, 1.165) is 0 Å². The molecule has 0 bridgehead atoms. The molecule has 0 saturated carbocycles. The number of hydrogen-bond acceptors (Lipinski definition) is 2. The van der Waals surface area contributed by atoms with Crippen LogP contribution in [0, 0.1) is 12.8 Å². The van der Waals surface area contributed by atoms with Crippen molar-refractivity contribution in [2.75, 3.05) is 7.05 Å². The summed E-state index contributed by atoms with van der Waals surface area (Å²) >= 11 is 0. The van der Waals surface area contributed by atoms with Gasteiger partial charge in [0.2, 0.25) is 0 Å². The topological polar surface area (TPSA) is 16.1 Å². The number of rotatable bonds is 2. The standard InChI is InChI=1S/C19H32N2/c1-11(2)16-9-13(5)21(8)15(7)18-14(6)20-10-17(12(3)4)19(16)18/h10-13,15-16H,9H2,1-8H3/t13-,15+,16?/m0/s1. The van der Waals surface area contributed by atoms with Gasteiger partial charge in [0.1, 0.15) is 0 Å². The third-order valence-electron chi connectivity index (χ3n) is 5.50. The monoisotopic (exact) mass is 288 g/mol. The van der Waals surface area contributed by atoms with Gasteiger partial charge in [0.25, 0.3) is 0 Å². The molecule has 21 heavy (non-hydrogen) atoms. The second-order valence-corrected chi connectivity index (χ2v) is 7.56. The Hall–Kier alpha value is -0.890. The number of hydrogen-bond donors (Lipinski definition) is 0. The Labute approximate surface area is 131 Å². The van der Waals surface area contributed by atoms with Gasteiger partial charge in [-0.3, -0.25) is 9.88 Å². The fourth-order valence-electron chi connectivity index (χ4n) is 3.90. The molecule has 1 aliphatic heterocycles. The van der Waals surface area contributed by atoms with Gasteiger partial charge >= 0.3 is 0 Å². The molecule has 0 amide bonds. The maximum Gasteiger partial charge on any atom is 0.0423 e. The lowest BCUT2D eigenvalue weighted by Crippen LogP contribution is -2.31. The molecule has 0 saturated heterocycles. The van der Waals surface area contributed by atoms with E-state index in [9.17, 15) is 0 Å². The predicted molar refractivity (Wildman–Crippen MR) is 90.9 cm³/mol. The first-order valence-electron chi connectivity index (χ1n) is 8.46. The van der Waals surface area contributed by atoms with Crippen molar-refractivity contribution in [1.29, 1.82) is 0 Å². The molecule has 3 atom stereocenters. The van der Waals surface area contributed by atoms with E-state index in [4.69, 9.17) is 4.98 Å². The van der Waals surface area contributed by atoms with Gasteiger partial charge in [-0.15, -0.1) is 0 Å². The van der Waals surface area contributed by atoms with Gasteiger partial charge in [-0.1, -0.05) is 27.7 Å². The smallest absolute Gasteiger partial charge is 0.0423 e. The highest BCUT2D eigenvalue weighted by Crippen LogP contribution is 2.44. The van der Waals surface area contributed by atoms with Crippen molar-refractivity contribution in [2.24, 2.45) is 5.92 Å². The Morgan fingerprint density at radius 2 is 1.76 bits per heavy atom. The minimum Gasteiger partial charge on any atom is -0.297 e. The first-order chi connectivity index (χ1) is 9.75. The summed E-state index contributed by atoms with van der Waals surface area (Å²) in [5, 5.41) is 0. The summed E-state index contributed by atoms with van der Waals surface area (Å²) in [5.74, 6) is 1.85. The molecule has 1 aromatic heterocycles. The molecule has 2 nitrogen and oxygen atoms in total. The van der Waals surface area contributed by atoms with E-state index in [2.05, 4.69) is 66.6 Å². The van der Waals surface area contributed by atoms with Crippen LogP contribution in [0.4, 0.5) is 0 Å². The number of fused-ring (bicyclic) bond motifs is 1. The van der Waals surface area contributed by atoms with Crippen LogP contribution in [0.25, 0.3) is 0 Å². The molecule has 2 rings (SSSR count). The highest BCUT2D eigenvalue weighted by Gasteiger charge is 2.34. The highest BCUT2D eigenvalue weighted by molar-refractivity contribution is 5.43. The molecule has 0 aliphatic carbocycles. The molecule has 0 spiro atoms. The van der Waals surface area contributed by atoms with Gasteiger partial charge in [0.05, 0.1) is 0 Å². The van der Waals surface area contributed by atoms with Crippen molar-refractivity contribution in [3.63, 3.8) is 0 Å². The fraction of sp³-hybridized carbons (Fsp3) is 0.737. The Morgan fingerprint density at radius 3 is 2.29 bits per heavy atom. The van der Waals surface area contributed by atoms with Gasteiger partial charge in [0, 0.05) is 24.0 Å².